The van der Waals surface area contributed by atoms with Gasteiger partial charge in [0, 0.05) is 13.1 Å². The van der Waals surface area contributed by atoms with Gasteiger partial charge < -0.3 is 20.4 Å². The van der Waals surface area contributed by atoms with E-state index in [4.69, 9.17) is 0 Å². The number of carbonyl (C=O) groups is 2. The zero-order chi connectivity index (χ0) is 18.9. The van der Waals surface area contributed by atoms with Crippen LogP contribution < -0.4 is 10.6 Å². The monoisotopic (exact) mass is 352 g/mol. The van der Waals surface area contributed by atoms with Crippen LogP contribution in [0.25, 0.3) is 0 Å². The van der Waals surface area contributed by atoms with Gasteiger partial charge in [0.15, 0.2) is 0 Å². The normalized spacial score (nSPS) is 10.7. The van der Waals surface area contributed by atoms with E-state index in [1.807, 2.05) is 0 Å². The highest BCUT2D eigenvalue weighted by atomic mass is 16.2. The van der Waals surface area contributed by atoms with Gasteiger partial charge in [-0.2, -0.15) is 0 Å². The van der Waals surface area contributed by atoms with Gasteiger partial charge in [0.25, 0.3) is 0 Å². The summed E-state index contributed by atoms with van der Waals surface area (Å²) in [5.74, 6) is -0.195. The molecule has 0 saturated heterocycles. The average molecular weight is 353 g/mol. The zero-order valence-corrected chi connectivity index (χ0v) is 16.1. The Hall–Kier alpha value is -1.66. The fourth-order valence-electron chi connectivity index (χ4n) is 2.42. The van der Waals surface area contributed by atoms with Crippen molar-refractivity contribution in [1.29, 1.82) is 0 Å². The fraction of sp³-hybridized carbons (Fsp3) is 0.684. The largest absolute Gasteiger partial charge is 0.353 e. The molecule has 0 fully saturated rings. The van der Waals surface area contributed by atoms with E-state index in [2.05, 4.69) is 47.7 Å². The standard InChI is InChI=1S/C19H36N4O2/c1-5-18(24)20-12-7-9-14-22(3)16-11-17-23(4)15-10-8-13-21-19(25)6-2/h5-6H,1-2,7-17H2,3-4H3,(H,20,24)(H,21,25). The summed E-state index contributed by atoms with van der Waals surface area (Å²) in [5.41, 5.74) is 0. The number of nitrogens with one attached hydrogen (secondary N) is 2. The van der Waals surface area contributed by atoms with Crippen molar-refractivity contribution in [2.45, 2.75) is 32.1 Å². The topological polar surface area (TPSA) is 64.7 Å². The number of nitrogens with zero attached hydrogens (tertiary/aromatic N) is 2. The Morgan fingerprint density at radius 2 is 1.08 bits per heavy atom. The number of hydrogen-bond donors (Lipinski definition) is 2. The minimum Gasteiger partial charge on any atom is -0.353 e. The van der Waals surface area contributed by atoms with Crippen molar-refractivity contribution in [3.63, 3.8) is 0 Å². The van der Waals surface area contributed by atoms with E-state index in [1.165, 1.54) is 12.2 Å². The Kier molecular flexibility index (Phi) is 14.8. The van der Waals surface area contributed by atoms with Gasteiger partial charge in [0.1, 0.15) is 0 Å². The molecule has 2 N–H and O–H groups in total. The predicted molar refractivity (Wildman–Crippen MR) is 104 cm³/mol. The van der Waals surface area contributed by atoms with Crippen LogP contribution in [0.15, 0.2) is 25.3 Å². The molecular weight excluding hydrogens is 316 g/mol. The SMILES string of the molecule is C=CC(=O)NCCCCN(C)CCCN(C)CCCCNC(=O)C=C. The summed E-state index contributed by atoms with van der Waals surface area (Å²) in [7, 11) is 4.29. The molecule has 2 amide bonds. The second-order valence-electron chi connectivity index (χ2n) is 6.36. The maximum absolute atomic E-state index is 11.0. The molecule has 25 heavy (non-hydrogen) atoms. The van der Waals surface area contributed by atoms with Crippen molar-refractivity contribution >= 4 is 11.8 Å². The van der Waals surface area contributed by atoms with Crippen molar-refractivity contribution in [3.05, 3.63) is 25.3 Å². The fourth-order valence-corrected chi connectivity index (χ4v) is 2.42. The smallest absolute Gasteiger partial charge is 0.243 e. The first kappa shape index (κ1) is 23.3. The highest BCUT2D eigenvalue weighted by Gasteiger charge is 2.02. The van der Waals surface area contributed by atoms with Crippen LogP contribution >= 0.6 is 0 Å². The van der Waals surface area contributed by atoms with Crippen LogP contribution in [0.5, 0.6) is 0 Å². The molecular formula is C19H36N4O2. The molecule has 144 valence electrons. The molecule has 0 radical (unpaired) electrons. The van der Waals surface area contributed by atoms with E-state index in [-0.39, 0.29) is 11.8 Å². The quantitative estimate of drug-likeness (QED) is 0.326. The molecule has 0 heterocycles. The summed E-state index contributed by atoms with van der Waals surface area (Å²) >= 11 is 0. The van der Waals surface area contributed by atoms with Gasteiger partial charge in [-0.15, -0.1) is 0 Å². The first-order valence-corrected chi connectivity index (χ1v) is 9.17. The molecule has 6 nitrogen and oxygen atoms in total. The molecule has 0 aromatic carbocycles. The van der Waals surface area contributed by atoms with E-state index in [0.717, 1.165) is 58.3 Å². The second kappa shape index (κ2) is 15.8. The van der Waals surface area contributed by atoms with Gasteiger partial charge in [-0.3, -0.25) is 9.59 Å². The average Bonchev–Trinajstić information content (AvgIpc) is 2.60. The molecule has 0 bridgehead atoms. The summed E-state index contributed by atoms with van der Waals surface area (Å²) in [6.07, 6.45) is 7.91. The van der Waals surface area contributed by atoms with E-state index in [9.17, 15) is 9.59 Å². The number of rotatable bonds is 16. The third-order valence-corrected chi connectivity index (χ3v) is 3.98. The van der Waals surface area contributed by atoms with E-state index < -0.39 is 0 Å². The van der Waals surface area contributed by atoms with Crippen LogP contribution in [0.4, 0.5) is 0 Å². The molecule has 0 aromatic rings. The third-order valence-electron chi connectivity index (χ3n) is 3.98. The van der Waals surface area contributed by atoms with E-state index >= 15 is 0 Å². The maximum atomic E-state index is 11.0. The lowest BCUT2D eigenvalue weighted by Crippen LogP contribution is -2.28. The van der Waals surface area contributed by atoms with Crippen LogP contribution in [-0.2, 0) is 9.59 Å². The van der Waals surface area contributed by atoms with Crippen LogP contribution in [-0.4, -0.2) is 75.0 Å². The van der Waals surface area contributed by atoms with Crippen LogP contribution in [0.1, 0.15) is 32.1 Å². The summed E-state index contributed by atoms with van der Waals surface area (Å²) in [6.45, 7) is 12.6. The van der Waals surface area contributed by atoms with Crippen molar-refractivity contribution in [2.24, 2.45) is 0 Å². The van der Waals surface area contributed by atoms with Gasteiger partial charge in [0.05, 0.1) is 0 Å². The van der Waals surface area contributed by atoms with Crippen molar-refractivity contribution in [3.8, 4) is 0 Å². The highest BCUT2D eigenvalue weighted by molar-refractivity contribution is 5.87. The molecule has 0 aromatic heterocycles. The van der Waals surface area contributed by atoms with Gasteiger partial charge >= 0.3 is 0 Å². The van der Waals surface area contributed by atoms with Crippen LogP contribution in [0.2, 0.25) is 0 Å². The molecule has 6 heteroatoms. The van der Waals surface area contributed by atoms with Gasteiger partial charge in [-0.1, -0.05) is 13.2 Å². The molecule has 0 rings (SSSR count). The Bertz CT molecular complexity index is 363. The van der Waals surface area contributed by atoms with Crippen molar-refractivity contribution in [1.82, 2.24) is 20.4 Å². The Morgan fingerprint density at radius 3 is 1.44 bits per heavy atom. The van der Waals surface area contributed by atoms with Gasteiger partial charge in [-0.05, 0) is 84.5 Å². The van der Waals surface area contributed by atoms with E-state index in [1.54, 1.807) is 0 Å². The van der Waals surface area contributed by atoms with Crippen LogP contribution in [0, 0.1) is 0 Å². The number of carbonyl (C=O) groups excluding carboxylic acids is 2. The van der Waals surface area contributed by atoms with Crippen molar-refractivity contribution in [2.75, 3.05) is 53.4 Å². The minimum absolute atomic E-state index is 0.0977. The second-order valence-corrected chi connectivity index (χ2v) is 6.36. The van der Waals surface area contributed by atoms with Gasteiger partial charge in [-0.25, -0.2) is 0 Å². The molecule has 0 aliphatic rings. The summed E-state index contributed by atoms with van der Waals surface area (Å²) in [6, 6.07) is 0. The van der Waals surface area contributed by atoms with Gasteiger partial charge in [0.2, 0.25) is 11.8 Å². The zero-order valence-electron chi connectivity index (χ0n) is 16.1. The molecule has 0 spiro atoms. The summed E-state index contributed by atoms with van der Waals surface area (Å²) in [5, 5.41) is 5.58. The van der Waals surface area contributed by atoms with Crippen molar-refractivity contribution < 1.29 is 9.59 Å². The van der Waals surface area contributed by atoms with Crippen LogP contribution in [0.3, 0.4) is 0 Å². The minimum atomic E-state index is -0.0977. The number of hydrogen-bond acceptors (Lipinski definition) is 4. The number of unbranched alkanes of at least 4 members (excludes halogenated alkanes) is 2. The Balaban J connectivity index is 3.46. The molecule has 0 atom stereocenters. The number of amides is 2. The summed E-state index contributed by atoms with van der Waals surface area (Å²) < 4.78 is 0. The first-order valence-electron chi connectivity index (χ1n) is 9.17. The predicted octanol–water partition coefficient (Wildman–Crippen LogP) is 1.40. The first-order chi connectivity index (χ1) is 12.0. The third kappa shape index (κ3) is 15.6. The highest BCUT2D eigenvalue weighted by Crippen LogP contribution is 1.97. The lowest BCUT2D eigenvalue weighted by Gasteiger charge is -2.20. The lowest BCUT2D eigenvalue weighted by atomic mass is 10.2. The molecule has 0 aliphatic heterocycles. The van der Waals surface area contributed by atoms with E-state index in [0.29, 0.717) is 13.1 Å². The lowest BCUT2D eigenvalue weighted by molar-refractivity contribution is -0.117. The summed E-state index contributed by atoms with van der Waals surface area (Å²) in [4.78, 5) is 26.7. The maximum Gasteiger partial charge on any atom is 0.243 e. The Labute approximate surface area is 153 Å². The Morgan fingerprint density at radius 1 is 0.720 bits per heavy atom. The molecule has 0 unspecified atom stereocenters. The molecule has 0 aliphatic carbocycles. The molecule has 0 saturated carbocycles.